The predicted molar refractivity (Wildman–Crippen MR) is 82.1 cm³/mol. The van der Waals surface area contributed by atoms with E-state index in [0.29, 0.717) is 6.54 Å². The third kappa shape index (κ3) is 3.58. The molecule has 112 valence electrons. The van der Waals surface area contributed by atoms with Crippen molar-refractivity contribution in [3.8, 4) is 0 Å². The molecule has 1 aromatic carbocycles. The first-order valence-corrected chi connectivity index (χ1v) is 7.62. The topological polar surface area (TPSA) is 29.3 Å². The zero-order valence-electron chi connectivity index (χ0n) is 12.9. The number of hydrogen-bond acceptors (Lipinski definition) is 2. The van der Waals surface area contributed by atoms with Crippen molar-refractivity contribution in [3.63, 3.8) is 0 Å². The summed E-state index contributed by atoms with van der Waals surface area (Å²) < 4.78 is 13.0. The second-order valence-corrected chi connectivity index (χ2v) is 6.86. The van der Waals surface area contributed by atoms with Gasteiger partial charge in [0.25, 0.3) is 0 Å². The van der Waals surface area contributed by atoms with Crippen LogP contribution in [0.15, 0.2) is 24.3 Å². The Morgan fingerprint density at radius 2 is 1.75 bits per heavy atom. The van der Waals surface area contributed by atoms with Gasteiger partial charge < -0.3 is 5.73 Å². The number of likely N-dealkylation sites (tertiary alicyclic amines) is 1. The fourth-order valence-electron chi connectivity index (χ4n) is 3.46. The molecule has 3 unspecified atom stereocenters. The molecule has 0 bridgehead atoms. The van der Waals surface area contributed by atoms with E-state index in [2.05, 4.69) is 25.7 Å². The maximum atomic E-state index is 13.0. The minimum atomic E-state index is -0.177. The molecule has 0 aromatic heterocycles. The van der Waals surface area contributed by atoms with E-state index in [1.165, 1.54) is 18.6 Å². The Kier molecular flexibility index (Phi) is 4.82. The average molecular weight is 278 g/mol. The summed E-state index contributed by atoms with van der Waals surface area (Å²) in [5, 5.41) is 0. The lowest BCUT2D eigenvalue weighted by Crippen LogP contribution is -2.57. The number of piperidine rings is 1. The lowest BCUT2D eigenvalue weighted by Gasteiger charge is -2.46. The average Bonchev–Trinajstić information content (AvgIpc) is 2.40. The van der Waals surface area contributed by atoms with E-state index < -0.39 is 0 Å². The normalized spacial score (nSPS) is 27.2. The molecule has 1 aliphatic rings. The molecule has 1 heterocycles. The highest BCUT2D eigenvalue weighted by molar-refractivity contribution is 5.19. The summed E-state index contributed by atoms with van der Waals surface area (Å²) in [7, 11) is 0. The van der Waals surface area contributed by atoms with Gasteiger partial charge >= 0.3 is 0 Å². The van der Waals surface area contributed by atoms with Crippen LogP contribution < -0.4 is 5.73 Å². The lowest BCUT2D eigenvalue weighted by molar-refractivity contribution is 0.0399. The molecular formula is C17H27FN2. The number of benzene rings is 1. The Balaban J connectivity index is 2.13. The van der Waals surface area contributed by atoms with Crippen LogP contribution in [0, 0.1) is 17.7 Å². The fraction of sp³-hybridized carbons (Fsp3) is 0.647. The molecule has 3 heteroatoms. The quantitative estimate of drug-likeness (QED) is 0.917. The highest BCUT2D eigenvalue weighted by Crippen LogP contribution is 2.29. The standard InChI is InChI=1S/C17H27FN2/c1-13-8-14(2)11-20(10-13)17(3,12-19)9-15-4-6-16(18)7-5-15/h4-7,13-14H,8-12,19H2,1-3H3. The summed E-state index contributed by atoms with van der Waals surface area (Å²) in [5.41, 5.74) is 7.21. The maximum Gasteiger partial charge on any atom is 0.123 e. The van der Waals surface area contributed by atoms with Crippen LogP contribution in [0.4, 0.5) is 4.39 Å². The smallest absolute Gasteiger partial charge is 0.123 e. The lowest BCUT2D eigenvalue weighted by atomic mass is 9.84. The number of nitrogens with zero attached hydrogens (tertiary/aromatic N) is 1. The Morgan fingerprint density at radius 3 is 2.25 bits per heavy atom. The molecule has 2 nitrogen and oxygen atoms in total. The molecule has 1 aliphatic heterocycles. The highest BCUT2D eigenvalue weighted by atomic mass is 19.1. The van der Waals surface area contributed by atoms with Gasteiger partial charge in [-0.1, -0.05) is 26.0 Å². The SMILES string of the molecule is CC1CC(C)CN(C(C)(CN)Cc2ccc(F)cc2)C1. The van der Waals surface area contributed by atoms with Crippen LogP contribution >= 0.6 is 0 Å². The van der Waals surface area contributed by atoms with Crippen LogP contribution in [0.25, 0.3) is 0 Å². The summed E-state index contributed by atoms with van der Waals surface area (Å²) >= 11 is 0. The first kappa shape index (κ1) is 15.5. The zero-order chi connectivity index (χ0) is 14.8. The second kappa shape index (κ2) is 6.23. The third-order valence-electron chi connectivity index (χ3n) is 4.57. The van der Waals surface area contributed by atoms with Gasteiger partial charge in [-0.3, -0.25) is 4.90 Å². The number of rotatable bonds is 4. The van der Waals surface area contributed by atoms with Crippen molar-refractivity contribution >= 4 is 0 Å². The van der Waals surface area contributed by atoms with Crippen LogP contribution in [-0.4, -0.2) is 30.1 Å². The van der Waals surface area contributed by atoms with Crippen LogP contribution in [0.5, 0.6) is 0 Å². The van der Waals surface area contributed by atoms with Crippen molar-refractivity contribution in [1.29, 1.82) is 0 Å². The van der Waals surface area contributed by atoms with Gasteiger partial charge in [0.15, 0.2) is 0 Å². The first-order chi connectivity index (χ1) is 9.43. The summed E-state index contributed by atoms with van der Waals surface area (Å²) in [5.74, 6) is 1.26. The monoisotopic (exact) mass is 278 g/mol. The van der Waals surface area contributed by atoms with E-state index in [0.717, 1.165) is 36.9 Å². The molecule has 3 atom stereocenters. The van der Waals surface area contributed by atoms with E-state index in [1.54, 1.807) is 0 Å². The third-order valence-corrected chi connectivity index (χ3v) is 4.57. The zero-order valence-corrected chi connectivity index (χ0v) is 12.9. The van der Waals surface area contributed by atoms with Crippen molar-refractivity contribution in [2.75, 3.05) is 19.6 Å². The molecule has 1 saturated heterocycles. The van der Waals surface area contributed by atoms with Crippen LogP contribution in [0.3, 0.4) is 0 Å². The number of hydrogen-bond donors (Lipinski definition) is 1. The van der Waals surface area contributed by atoms with Crippen LogP contribution in [0.2, 0.25) is 0 Å². The predicted octanol–water partition coefficient (Wildman–Crippen LogP) is 3.06. The molecule has 0 amide bonds. The van der Waals surface area contributed by atoms with E-state index in [-0.39, 0.29) is 11.4 Å². The van der Waals surface area contributed by atoms with Crippen molar-refractivity contribution in [2.24, 2.45) is 17.6 Å². The van der Waals surface area contributed by atoms with E-state index in [1.807, 2.05) is 12.1 Å². The molecule has 2 N–H and O–H groups in total. The van der Waals surface area contributed by atoms with Crippen molar-refractivity contribution in [2.45, 2.75) is 39.2 Å². The maximum absolute atomic E-state index is 13.0. The number of nitrogens with two attached hydrogens (primary N) is 1. The van der Waals surface area contributed by atoms with Crippen LogP contribution in [0.1, 0.15) is 32.8 Å². The van der Waals surface area contributed by atoms with Gasteiger partial charge in [-0.25, -0.2) is 4.39 Å². The van der Waals surface area contributed by atoms with Gasteiger partial charge in [0.2, 0.25) is 0 Å². The fourth-order valence-corrected chi connectivity index (χ4v) is 3.46. The van der Waals surface area contributed by atoms with Gasteiger partial charge in [-0.15, -0.1) is 0 Å². The molecule has 1 aromatic rings. The first-order valence-electron chi connectivity index (χ1n) is 7.62. The number of halogens is 1. The Hall–Kier alpha value is -0.930. The van der Waals surface area contributed by atoms with Crippen molar-refractivity contribution < 1.29 is 4.39 Å². The second-order valence-electron chi connectivity index (χ2n) is 6.86. The minimum Gasteiger partial charge on any atom is -0.329 e. The van der Waals surface area contributed by atoms with Gasteiger partial charge in [-0.05, 0) is 49.3 Å². The summed E-state index contributed by atoms with van der Waals surface area (Å²) in [6, 6.07) is 6.82. The van der Waals surface area contributed by atoms with Crippen LogP contribution in [-0.2, 0) is 6.42 Å². The van der Waals surface area contributed by atoms with E-state index in [9.17, 15) is 4.39 Å². The van der Waals surface area contributed by atoms with Gasteiger partial charge in [0.1, 0.15) is 5.82 Å². The van der Waals surface area contributed by atoms with Gasteiger partial charge in [0, 0.05) is 25.2 Å². The summed E-state index contributed by atoms with van der Waals surface area (Å²) in [4.78, 5) is 2.54. The molecule has 20 heavy (non-hydrogen) atoms. The van der Waals surface area contributed by atoms with Gasteiger partial charge in [0.05, 0.1) is 0 Å². The van der Waals surface area contributed by atoms with E-state index in [4.69, 9.17) is 5.73 Å². The molecule has 1 fully saturated rings. The Labute approximate surface area is 122 Å². The summed E-state index contributed by atoms with van der Waals surface area (Å²) in [6.07, 6.45) is 2.18. The van der Waals surface area contributed by atoms with E-state index >= 15 is 0 Å². The van der Waals surface area contributed by atoms with Gasteiger partial charge in [-0.2, -0.15) is 0 Å². The van der Waals surface area contributed by atoms with Crippen molar-refractivity contribution in [3.05, 3.63) is 35.6 Å². The summed E-state index contributed by atoms with van der Waals surface area (Å²) in [6.45, 7) is 9.72. The molecule has 0 saturated carbocycles. The molecule has 0 aliphatic carbocycles. The molecule has 0 spiro atoms. The minimum absolute atomic E-state index is 0.0409. The molecule has 2 rings (SSSR count). The molecular weight excluding hydrogens is 251 g/mol. The largest absolute Gasteiger partial charge is 0.329 e. The highest BCUT2D eigenvalue weighted by Gasteiger charge is 2.35. The molecule has 0 radical (unpaired) electrons. The Morgan fingerprint density at radius 1 is 1.20 bits per heavy atom. The van der Waals surface area contributed by atoms with Crippen molar-refractivity contribution in [1.82, 2.24) is 4.90 Å². The Bertz CT molecular complexity index is 421.